The first-order chi connectivity index (χ1) is 12.3. The predicted molar refractivity (Wildman–Crippen MR) is 101 cm³/mol. The fraction of sp³-hybridized carbons (Fsp3) is 0.316. The van der Waals surface area contributed by atoms with Crippen molar-refractivity contribution in [3.63, 3.8) is 0 Å². The minimum absolute atomic E-state index is 0.0786. The Balaban J connectivity index is 1.63. The minimum Gasteiger partial charge on any atom is -0.336 e. The number of likely N-dealkylation sites (tertiary alicyclic amines) is 1. The zero-order valence-electron chi connectivity index (χ0n) is 14.3. The Morgan fingerprint density at radius 3 is 2.38 bits per heavy atom. The highest BCUT2D eigenvalue weighted by Crippen LogP contribution is 2.33. The summed E-state index contributed by atoms with van der Waals surface area (Å²) in [5.41, 5.74) is 2.02. The van der Waals surface area contributed by atoms with Crippen LogP contribution < -0.4 is 5.14 Å². The first-order valence-corrected chi connectivity index (χ1v) is 10.4. The number of nitrogens with two attached hydrogens (primary N) is 1. The Morgan fingerprint density at radius 1 is 1.12 bits per heavy atom. The van der Waals surface area contributed by atoms with Gasteiger partial charge in [0.25, 0.3) is 0 Å². The molecule has 1 atom stereocenters. The van der Waals surface area contributed by atoms with Crippen LogP contribution in [-0.2, 0) is 21.2 Å². The molecule has 1 aliphatic rings. The quantitative estimate of drug-likeness (QED) is 0.847. The standard InChI is InChI=1S/C19H21ClN2O3S/c20-16-8-6-15(7-9-16)18-2-1-13-22(18)19(23)12-5-14-3-10-17(11-4-14)26(21,24)25/h3-4,6-11,18H,1-2,5,12-13H2,(H2,21,24,25). The maximum atomic E-state index is 12.7. The molecule has 7 heteroatoms. The largest absolute Gasteiger partial charge is 0.336 e. The van der Waals surface area contributed by atoms with E-state index in [1.165, 1.54) is 12.1 Å². The Labute approximate surface area is 158 Å². The van der Waals surface area contributed by atoms with Gasteiger partial charge in [-0.2, -0.15) is 0 Å². The van der Waals surface area contributed by atoms with Crippen LogP contribution in [0.15, 0.2) is 53.4 Å². The molecule has 26 heavy (non-hydrogen) atoms. The highest BCUT2D eigenvalue weighted by atomic mass is 35.5. The first kappa shape index (κ1) is 18.9. The maximum Gasteiger partial charge on any atom is 0.238 e. The molecule has 1 aliphatic heterocycles. The van der Waals surface area contributed by atoms with Crippen molar-refractivity contribution in [3.05, 3.63) is 64.7 Å². The molecule has 1 amide bonds. The summed E-state index contributed by atoms with van der Waals surface area (Å²) in [6, 6.07) is 14.1. The van der Waals surface area contributed by atoms with Crippen molar-refractivity contribution in [1.29, 1.82) is 0 Å². The van der Waals surface area contributed by atoms with Crippen LogP contribution >= 0.6 is 11.6 Å². The topological polar surface area (TPSA) is 80.5 Å². The van der Waals surface area contributed by atoms with Gasteiger partial charge in [0.2, 0.25) is 15.9 Å². The first-order valence-electron chi connectivity index (χ1n) is 8.51. The van der Waals surface area contributed by atoms with Gasteiger partial charge in [0, 0.05) is 18.0 Å². The monoisotopic (exact) mass is 392 g/mol. The second kappa shape index (κ2) is 7.78. The number of primary sulfonamides is 1. The number of nitrogens with zero attached hydrogens (tertiary/aromatic N) is 1. The van der Waals surface area contributed by atoms with E-state index in [9.17, 15) is 13.2 Å². The normalized spacial score (nSPS) is 17.5. The summed E-state index contributed by atoms with van der Waals surface area (Å²) in [6.45, 7) is 0.760. The minimum atomic E-state index is -3.69. The molecule has 1 unspecified atom stereocenters. The van der Waals surface area contributed by atoms with Crippen LogP contribution in [0.5, 0.6) is 0 Å². The van der Waals surface area contributed by atoms with Crippen molar-refractivity contribution in [3.8, 4) is 0 Å². The Kier molecular flexibility index (Phi) is 5.65. The second-order valence-electron chi connectivity index (χ2n) is 6.49. The number of hydrogen-bond donors (Lipinski definition) is 1. The summed E-state index contributed by atoms with van der Waals surface area (Å²) in [7, 11) is -3.69. The summed E-state index contributed by atoms with van der Waals surface area (Å²) in [5, 5.41) is 5.78. The van der Waals surface area contributed by atoms with E-state index in [-0.39, 0.29) is 16.8 Å². The van der Waals surface area contributed by atoms with Crippen LogP contribution in [0, 0.1) is 0 Å². The third-order valence-corrected chi connectivity index (χ3v) is 5.89. The Morgan fingerprint density at radius 2 is 1.77 bits per heavy atom. The number of rotatable bonds is 5. The maximum absolute atomic E-state index is 12.7. The van der Waals surface area contributed by atoms with Gasteiger partial charge >= 0.3 is 0 Å². The van der Waals surface area contributed by atoms with Crippen molar-refractivity contribution < 1.29 is 13.2 Å². The van der Waals surface area contributed by atoms with E-state index >= 15 is 0 Å². The van der Waals surface area contributed by atoms with Crippen molar-refractivity contribution in [2.24, 2.45) is 5.14 Å². The molecule has 2 N–H and O–H groups in total. The molecular weight excluding hydrogens is 372 g/mol. The fourth-order valence-electron chi connectivity index (χ4n) is 3.34. The van der Waals surface area contributed by atoms with Crippen LogP contribution in [0.1, 0.15) is 36.4 Å². The number of carbonyl (C=O) groups is 1. The molecule has 1 saturated heterocycles. The molecule has 2 aromatic carbocycles. The van der Waals surface area contributed by atoms with E-state index in [2.05, 4.69) is 0 Å². The van der Waals surface area contributed by atoms with E-state index in [0.717, 1.165) is 30.5 Å². The lowest BCUT2D eigenvalue weighted by atomic mass is 10.0. The molecule has 0 radical (unpaired) electrons. The molecule has 0 aromatic heterocycles. The van der Waals surface area contributed by atoms with Gasteiger partial charge in [0.05, 0.1) is 10.9 Å². The smallest absolute Gasteiger partial charge is 0.238 e. The molecule has 0 bridgehead atoms. The van der Waals surface area contributed by atoms with Gasteiger partial charge in [0.15, 0.2) is 0 Å². The third kappa shape index (κ3) is 4.44. The number of amides is 1. The second-order valence-corrected chi connectivity index (χ2v) is 8.48. The van der Waals surface area contributed by atoms with Gasteiger partial charge in [-0.1, -0.05) is 35.9 Å². The number of hydrogen-bond acceptors (Lipinski definition) is 3. The van der Waals surface area contributed by atoms with E-state index in [1.807, 2.05) is 29.2 Å². The predicted octanol–water partition coefficient (Wildman–Crippen LogP) is 3.28. The average Bonchev–Trinajstić information content (AvgIpc) is 3.10. The molecule has 0 saturated carbocycles. The van der Waals surface area contributed by atoms with Gasteiger partial charge in [-0.05, 0) is 54.7 Å². The van der Waals surface area contributed by atoms with Crippen LogP contribution in [-0.4, -0.2) is 25.8 Å². The zero-order chi connectivity index (χ0) is 18.7. The van der Waals surface area contributed by atoms with Crippen molar-refractivity contribution in [2.45, 2.75) is 36.6 Å². The summed E-state index contributed by atoms with van der Waals surface area (Å²) < 4.78 is 22.6. The molecule has 5 nitrogen and oxygen atoms in total. The number of carbonyl (C=O) groups excluding carboxylic acids is 1. The molecule has 1 heterocycles. The van der Waals surface area contributed by atoms with Crippen LogP contribution in [0.25, 0.3) is 0 Å². The van der Waals surface area contributed by atoms with E-state index in [1.54, 1.807) is 12.1 Å². The van der Waals surface area contributed by atoms with Crippen molar-refractivity contribution in [1.82, 2.24) is 4.90 Å². The fourth-order valence-corrected chi connectivity index (χ4v) is 3.98. The number of sulfonamides is 1. The van der Waals surface area contributed by atoms with Crippen LogP contribution in [0.4, 0.5) is 0 Å². The van der Waals surface area contributed by atoms with Crippen molar-refractivity contribution >= 4 is 27.5 Å². The highest BCUT2D eigenvalue weighted by Gasteiger charge is 2.29. The average molecular weight is 393 g/mol. The van der Waals surface area contributed by atoms with Gasteiger partial charge in [-0.25, -0.2) is 13.6 Å². The summed E-state index contributed by atoms with van der Waals surface area (Å²) >= 11 is 5.95. The van der Waals surface area contributed by atoms with Crippen molar-refractivity contribution in [2.75, 3.05) is 6.54 Å². The number of aryl methyl sites for hydroxylation is 1. The Hall–Kier alpha value is -1.89. The summed E-state index contributed by atoms with van der Waals surface area (Å²) in [5.74, 6) is 0.109. The lowest BCUT2D eigenvalue weighted by molar-refractivity contribution is -0.132. The van der Waals surface area contributed by atoms with Gasteiger partial charge in [0.1, 0.15) is 0 Å². The lowest BCUT2D eigenvalue weighted by Crippen LogP contribution is -2.30. The summed E-state index contributed by atoms with van der Waals surface area (Å²) in [6.07, 6.45) is 2.89. The van der Waals surface area contributed by atoms with E-state index in [4.69, 9.17) is 16.7 Å². The third-order valence-electron chi connectivity index (χ3n) is 4.71. The van der Waals surface area contributed by atoms with Crippen LogP contribution in [0.2, 0.25) is 5.02 Å². The van der Waals surface area contributed by atoms with E-state index in [0.29, 0.717) is 17.9 Å². The van der Waals surface area contributed by atoms with Gasteiger partial charge in [-0.3, -0.25) is 4.79 Å². The Bertz CT molecular complexity index is 880. The zero-order valence-corrected chi connectivity index (χ0v) is 15.8. The highest BCUT2D eigenvalue weighted by molar-refractivity contribution is 7.89. The molecule has 0 spiro atoms. The molecular formula is C19H21ClN2O3S. The number of benzene rings is 2. The van der Waals surface area contributed by atoms with Crippen LogP contribution in [0.3, 0.4) is 0 Å². The lowest BCUT2D eigenvalue weighted by Gasteiger charge is -2.25. The molecule has 138 valence electrons. The molecule has 1 fully saturated rings. The molecule has 0 aliphatic carbocycles. The summed E-state index contributed by atoms with van der Waals surface area (Å²) in [4.78, 5) is 14.7. The van der Waals surface area contributed by atoms with Gasteiger partial charge in [-0.15, -0.1) is 0 Å². The SMILES string of the molecule is NS(=O)(=O)c1ccc(CCC(=O)N2CCCC2c2ccc(Cl)cc2)cc1. The molecule has 3 rings (SSSR count). The number of halogens is 1. The van der Waals surface area contributed by atoms with Gasteiger partial charge < -0.3 is 4.90 Å². The molecule has 2 aromatic rings. The van der Waals surface area contributed by atoms with E-state index < -0.39 is 10.0 Å².